The molecule has 6 heteroatoms. The van der Waals surface area contributed by atoms with Crippen LogP contribution in [0.4, 0.5) is 0 Å². The minimum atomic E-state index is -0.582. The minimum absolute atomic E-state index is 0.0280. The molecule has 0 unspecified atom stereocenters. The lowest BCUT2D eigenvalue weighted by Crippen LogP contribution is -2.45. The first kappa shape index (κ1) is 25.7. The molecular formula is C32H34N4O2. The maximum atomic E-state index is 13.6. The topological polar surface area (TPSA) is 77.3 Å². The second kappa shape index (κ2) is 10.8. The molecule has 2 fully saturated rings. The highest BCUT2D eigenvalue weighted by atomic mass is 16.2. The first-order valence-electron chi connectivity index (χ1n) is 13.5. The third-order valence-electron chi connectivity index (χ3n) is 8.46. The van der Waals surface area contributed by atoms with Crippen molar-refractivity contribution in [3.8, 4) is 6.07 Å². The number of aromatic nitrogens is 1. The van der Waals surface area contributed by atoms with Gasteiger partial charge in [-0.2, -0.15) is 5.26 Å². The van der Waals surface area contributed by atoms with E-state index >= 15 is 0 Å². The summed E-state index contributed by atoms with van der Waals surface area (Å²) in [6, 6.07) is 24.5. The van der Waals surface area contributed by atoms with Gasteiger partial charge in [0.2, 0.25) is 0 Å². The quantitative estimate of drug-likeness (QED) is 0.474. The standard InChI is InChI=1S/C32H34N4O2/c1-23-24(2)34-29(31(38)36-19-15-32(22-33,16-20-36)27-11-7-4-8-12-27)21-28(23)30(37)35-17-13-26(14-18-35)25-9-5-3-6-10-25/h3-12,21,26H,13-20H2,1-2H3. The van der Waals surface area contributed by atoms with Crippen molar-refractivity contribution in [1.29, 1.82) is 5.26 Å². The molecule has 2 amide bonds. The maximum Gasteiger partial charge on any atom is 0.272 e. The van der Waals surface area contributed by atoms with Crippen molar-refractivity contribution in [2.75, 3.05) is 26.2 Å². The number of aryl methyl sites for hydroxylation is 1. The molecule has 38 heavy (non-hydrogen) atoms. The van der Waals surface area contributed by atoms with Crippen molar-refractivity contribution in [3.05, 3.63) is 100 Å². The number of carbonyl (C=O) groups excluding carboxylic acids is 2. The summed E-state index contributed by atoms with van der Waals surface area (Å²) in [5.41, 5.74) is 4.14. The van der Waals surface area contributed by atoms with Crippen LogP contribution in [0.3, 0.4) is 0 Å². The van der Waals surface area contributed by atoms with E-state index in [1.807, 2.05) is 55.1 Å². The van der Waals surface area contributed by atoms with E-state index in [1.54, 1.807) is 11.0 Å². The third-order valence-corrected chi connectivity index (χ3v) is 8.46. The number of likely N-dealkylation sites (tertiary alicyclic amines) is 2. The van der Waals surface area contributed by atoms with E-state index in [2.05, 4.69) is 35.3 Å². The third kappa shape index (κ3) is 4.93. The van der Waals surface area contributed by atoms with E-state index in [0.717, 1.165) is 24.0 Å². The summed E-state index contributed by atoms with van der Waals surface area (Å²) < 4.78 is 0. The summed E-state index contributed by atoms with van der Waals surface area (Å²) >= 11 is 0. The Morgan fingerprint density at radius 1 is 0.868 bits per heavy atom. The molecule has 3 heterocycles. The Hall–Kier alpha value is -3.98. The molecule has 194 valence electrons. The van der Waals surface area contributed by atoms with Crippen LogP contribution >= 0.6 is 0 Å². The van der Waals surface area contributed by atoms with Crippen LogP contribution in [0.5, 0.6) is 0 Å². The molecule has 2 aromatic carbocycles. The average Bonchev–Trinajstić information content (AvgIpc) is 2.99. The van der Waals surface area contributed by atoms with Gasteiger partial charge in [-0.25, -0.2) is 4.98 Å². The van der Waals surface area contributed by atoms with Gasteiger partial charge < -0.3 is 9.80 Å². The molecule has 1 aromatic heterocycles. The molecule has 2 aliphatic heterocycles. The fraction of sp³-hybridized carbons (Fsp3) is 0.375. The van der Waals surface area contributed by atoms with Gasteiger partial charge in [0.15, 0.2) is 0 Å². The lowest BCUT2D eigenvalue weighted by atomic mass is 9.74. The highest BCUT2D eigenvalue weighted by molar-refractivity contribution is 6.00. The molecule has 5 rings (SSSR count). The van der Waals surface area contributed by atoms with Gasteiger partial charge in [0.05, 0.1) is 11.5 Å². The van der Waals surface area contributed by atoms with Gasteiger partial charge >= 0.3 is 0 Å². The van der Waals surface area contributed by atoms with E-state index in [-0.39, 0.29) is 11.8 Å². The Labute approximate surface area is 224 Å². The highest BCUT2D eigenvalue weighted by Gasteiger charge is 2.38. The predicted molar refractivity (Wildman–Crippen MR) is 147 cm³/mol. The van der Waals surface area contributed by atoms with Crippen LogP contribution in [0.2, 0.25) is 0 Å². The number of hydrogen-bond acceptors (Lipinski definition) is 4. The zero-order chi connectivity index (χ0) is 26.7. The first-order chi connectivity index (χ1) is 18.4. The van der Waals surface area contributed by atoms with E-state index in [9.17, 15) is 14.9 Å². The molecule has 0 radical (unpaired) electrons. The van der Waals surface area contributed by atoms with Gasteiger partial charge in [-0.05, 0) is 68.2 Å². The lowest BCUT2D eigenvalue weighted by molar-refractivity contribution is 0.0685. The van der Waals surface area contributed by atoms with Crippen molar-refractivity contribution in [2.24, 2.45) is 0 Å². The Morgan fingerprint density at radius 2 is 1.45 bits per heavy atom. The highest BCUT2D eigenvalue weighted by Crippen LogP contribution is 2.35. The number of carbonyl (C=O) groups is 2. The van der Waals surface area contributed by atoms with Crippen molar-refractivity contribution < 1.29 is 9.59 Å². The maximum absolute atomic E-state index is 13.6. The van der Waals surface area contributed by atoms with E-state index in [0.29, 0.717) is 61.9 Å². The predicted octanol–water partition coefficient (Wildman–Crippen LogP) is 5.42. The van der Waals surface area contributed by atoms with E-state index in [4.69, 9.17) is 0 Å². The van der Waals surface area contributed by atoms with Gasteiger partial charge in [0, 0.05) is 37.4 Å². The van der Waals surface area contributed by atoms with Gasteiger partial charge in [0.1, 0.15) is 5.69 Å². The summed E-state index contributed by atoms with van der Waals surface area (Å²) in [6.45, 7) is 6.12. The Bertz CT molecular complexity index is 1350. The second-order valence-corrected chi connectivity index (χ2v) is 10.6. The Balaban J connectivity index is 1.29. The number of benzene rings is 2. The molecule has 6 nitrogen and oxygen atoms in total. The van der Waals surface area contributed by atoms with Crippen LogP contribution in [-0.2, 0) is 5.41 Å². The van der Waals surface area contributed by atoms with Crippen molar-refractivity contribution in [1.82, 2.24) is 14.8 Å². The number of nitrogens with zero attached hydrogens (tertiary/aromatic N) is 4. The molecule has 3 aromatic rings. The largest absolute Gasteiger partial charge is 0.339 e. The molecule has 0 aliphatic carbocycles. The van der Waals surface area contributed by atoms with Crippen molar-refractivity contribution in [2.45, 2.75) is 50.9 Å². The van der Waals surface area contributed by atoms with Crippen LogP contribution in [0.1, 0.15) is 74.8 Å². The second-order valence-electron chi connectivity index (χ2n) is 10.6. The SMILES string of the molecule is Cc1nc(C(=O)N2CCC(C#N)(c3ccccc3)CC2)cc(C(=O)N2CCC(c3ccccc3)CC2)c1C. The molecule has 0 N–H and O–H groups in total. The molecule has 0 atom stereocenters. The molecule has 2 aliphatic rings. The van der Waals surface area contributed by atoms with Gasteiger partial charge in [0.25, 0.3) is 11.8 Å². The number of piperidine rings is 2. The van der Waals surface area contributed by atoms with E-state index < -0.39 is 5.41 Å². The monoisotopic (exact) mass is 506 g/mol. The Kier molecular flexibility index (Phi) is 7.28. The Morgan fingerprint density at radius 3 is 2.05 bits per heavy atom. The summed E-state index contributed by atoms with van der Waals surface area (Å²) in [7, 11) is 0. The van der Waals surface area contributed by atoms with E-state index in [1.165, 1.54) is 5.56 Å². The minimum Gasteiger partial charge on any atom is -0.339 e. The van der Waals surface area contributed by atoms with Crippen LogP contribution in [-0.4, -0.2) is 52.8 Å². The summed E-state index contributed by atoms with van der Waals surface area (Å²) in [6.07, 6.45) is 3.01. The van der Waals surface area contributed by atoms with Crippen LogP contribution in [0, 0.1) is 25.2 Å². The lowest BCUT2D eigenvalue weighted by Gasteiger charge is -2.37. The fourth-order valence-corrected chi connectivity index (χ4v) is 5.86. The van der Waals surface area contributed by atoms with Crippen molar-refractivity contribution >= 4 is 11.8 Å². The zero-order valence-electron chi connectivity index (χ0n) is 22.2. The normalized spacial score (nSPS) is 17.6. The van der Waals surface area contributed by atoms with Crippen LogP contribution < -0.4 is 0 Å². The summed E-state index contributed by atoms with van der Waals surface area (Å²) in [5, 5.41) is 10.00. The zero-order valence-corrected chi connectivity index (χ0v) is 22.2. The average molecular weight is 507 g/mol. The summed E-state index contributed by atoms with van der Waals surface area (Å²) in [5.74, 6) is 0.262. The molecule has 0 bridgehead atoms. The molecule has 0 saturated carbocycles. The van der Waals surface area contributed by atoms with Crippen LogP contribution in [0.15, 0.2) is 66.7 Å². The van der Waals surface area contributed by atoms with Crippen LogP contribution in [0.25, 0.3) is 0 Å². The smallest absolute Gasteiger partial charge is 0.272 e. The number of nitriles is 1. The number of rotatable bonds is 4. The van der Waals surface area contributed by atoms with Gasteiger partial charge in [-0.15, -0.1) is 0 Å². The van der Waals surface area contributed by atoms with Gasteiger partial charge in [-0.1, -0.05) is 60.7 Å². The first-order valence-corrected chi connectivity index (χ1v) is 13.5. The fourth-order valence-electron chi connectivity index (χ4n) is 5.86. The number of amides is 2. The number of pyridine rings is 1. The molecule has 2 saturated heterocycles. The molecular weight excluding hydrogens is 472 g/mol. The summed E-state index contributed by atoms with van der Waals surface area (Å²) in [4.78, 5) is 35.4. The molecule has 0 spiro atoms. The number of hydrogen-bond donors (Lipinski definition) is 0. The van der Waals surface area contributed by atoms with Crippen molar-refractivity contribution in [3.63, 3.8) is 0 Å². The van der Waals surface area contributed by atoms with Gasteiger partial charge in [-0.3, -0.25) is 9.59 Å².